The lowest BCUT2D eigenvalue weighted by atomic mass is 10.1. The van der Waals surface area contributed by atoms with Crippen molar-refractivity contribution in [2.75, 3.05) is 12.3 Å². The number of anilines is 1. The number of carbonyl (C=O) groups is 1. The van der Waals surface area contributed by atoms with E-state index in [1.54, 1.807) is 13.8 Å². The summed E-state index contributed by atoms with van der Waals surface area (Å²) in [6.07, 6.45) is 0.200. The normalized spacial score (nSPS) is 11.8. The van der Waals surface area contributed by atoms with Gasteiger partial charge in [-0.3, -0.25) is 0 Å². The van der Waals surface area contributed by atoms with Gasteiger partial charge in [0.15, 0.2) is 0 Å². The molecule has 1 aromatic carbocycles. The van der Waals surface area contributed by atoms with Crippen LogP contribution in [-0.4, -0.2) is 22.5 Å². The molecule has 1 heterocycles. The molecule has 1 unspecified atom stereocenters. The molecule has 2 aromatic rings. The fourth-order valence-corrected chi connectivity index (χ4v) is 2.49. The predicted octanol–water partition coefficient (Wildman–Crippen LogP) is 3.38. The highest BCUT2D eigenvalue weighted by molar-refractivity contribution is 5.92. The Morgan fingerprint density at radius 1 is 1.25 bits per heavy atom. The van der Waals surface area contributed by atoms with E-state index in [2.05, 4.69) is 9.97 Å². The quantitative estimate of drug-likeness (QED) is 0.817. The number of nitrogens with two attached hydrogens (primary N) is 1. The number of hydrogen-bond acceptors (Lipinski definition) is 6. The lowest BCUT2D eigenvalue weighted by molar-refractivity contribution is 0.0517. The Kier molecular flexibility index (Phi) is 5.73. The van der Waals surface area contributed by atoms with Crippen LogP contribution in [0.2, 0.25) is 0 Å². The minimum atomic E-state index is -0.462. The highest BCUT2D eigenvalue weighted by Gasteiger charge is 2.26. The SMILES string of the molecule is CCOC(=O)c1c(C)nc(N)nc1C(CC)Oc1cccc(C)c1. The van der Waals surface area contributed by atoms with Gasteiger partial charge in [0.25, 0.3) is 0 Å². The van der Waals surface area contributed by atoms with Crippen LogP contribution in [0.1, 0.15) is 53.7 Å². The number of carbonyl (C=O) groups excluding carboxylic acids is 1. The molecule has 0 aliphatic carbocycles. The lowest BCUT2D eigenvalue weighted by Crippen LogP contribution is -2.20. The Labute approximate surface area is 142 Å². The molecule has 1 atom stereocenters. The number of esters is 1. The fraction of sp³-hybridized carbons (Fsp3) is 0.389. The summed E-state index contributed by atoms with van der Waals surface area (Å²) in [5.41, 5.74) is 8.15. The summed E-state index contributed by atoms with van der Waals surface area (Å²) < 4.78 is 11.2. The number of ether oxygens (including phenoxy) is 2. The van der Waals surface area contributed by atoms with Crippen LogP contribution in [0, 0.1) is 13.8 Å². The van der Waals surface area contributed by atoms with Gasteiger partial charge < -0.3 is 15.2 Å². The zero-order chi connectivity index (χ0) is 17.7. The molecular formula is C18H23N3O3. The number of nitrogens with zero attached hydrogens (tertiary/aromatic N) is 2. The van der Waals surface area contributed by atoms with E-state index in [4.69, 9.17) is 15.2 Å². The molecule has 0 spiro atoms. The molecule has 2 rings (SSSR count). The maximum atomic E-state index is 12.3. The van der Waals surface area contributed by atoms with Crippen LogP contribution in [0.3, 0.4) is 0 Å². The number of nitrogen functional groups attached to an aromatic ring is 1. The van der Waals surface area contributed by atoms with Gasteiger partial charge in [0, 0.05) is 0 Å². The van der Waals surface area contributed by atoms with Crippen molar-refractivity contribution in [1.29, 1.82) is 0 Å². The van der Waals surface area contributed by atoms with E-state index >= 15 is 0 Å². The predicted molar refractivity (Wildman–Crippen MR) is 92.0 cm³/mol. The zero-order valence-corrected chi connectivity index (χ0v) is 14.5. The van der Waals surface area contributed by atoms with Crippen LogP contribution in [-0.2, 0) is 4.74 Å². The maximum absolute atomic E-state index is 12.3. The van der Waals surface area contributed by atoms with E-state index < -0.39 is 12.1 Å². The average molecular weight is 329 g/mol. The van der Waals surface area contributed by atoms with Crippen molar-refractivity contribution in [1.82, 2.24) is 9.97 Å². The first kappa shape index (κ1) is 17.7. The van der Waals surface area contributed by atoms with Gasteiger partial charge >= 0.3 is 5.97 Å². The van der Waals surface area contributed by atoms with Gasteiger partial charge in [-0.25, -0.2) is 14.8 Å². The average Bonchev–Trinajstić information content (AvgIpc) is 2.52. The second-order valence-corrected chi connectivity index (χ2v) is 5.48. The van der Waals surface area contributed by atoms with Gasteiger partial charge in [0.1, 0.15) is 23.1 Å². The van der Waals surface area contributed by atoms with Gasteiger partial charge in [-0.1, -0.05) is 19.1 Å². The van der Waals surface area contributed by atoms with Crippen molar-refractivity contribution in [3.05, 3.63) is 46.8 Å². The van der Waals surface area contributed by atoms with Crippen LogP contribution >= 0.6 is 0 Å². The Bertz CT molecular complexity index is 731. The summed E-state index contributed by atoms with van der Waals surface area (Å²) in [5, 5.41) is 0. The first-order chi connectivity index (χ1) is 11.5. The highest BCUT2D eigenvalue weighted by atomic mass is 16.5. The van der Waals surface area contributed by atoms with Crippen molar-refractivity contribution in [2.24, 2.45) is 0 Å². The summed E-state index contributed by atoms with van der Waals surface area (Å²) in [4.78, 5) is 20.7. The Morgan fingerprint density at radius 2 is 2.00 bits per heavy atom. The Morgan fingerprint density at radius 3 is 2.62 bits per heavy atom. The smallest absolute Gasteiger partial charge is 0.342 e. The molecule has 0 bridgehead atoms. The van der Waals surface area contributed by atoms with Crippen LogP contribution in [0.4, 0.5) is 5.95 Å². The van der Waals surface area contributed by atoms with Crippen molar-refractivity contribution in [2.45, 2.75) is 40.2 Å². The second-order valence-electron chi connectivity index (χ2n) is 5.48. The molecule has 6 nitrogen and oxygen atoms in total. The third kappa shape index (κ3) is 4.01. The van der Waals surface area contributed by atoms with Gasteiger partial charge in [-0.05, 0) is 44.9 Å². The molecule has 0 aliphatic heterocycles. The van der Waals surface area contributed by atoms with Gasteiger partial charge in [0.05, 0.1) is 12.3 Å². The summed E-state index contributed by atoms with van der Waals surface area (Å²) in [6, 6.07) is 7.72. The molecule has 0 aliphatic rings. The van der Waals surface area contributed by atoms with Crippen LogP contribution < -0.4 is 10.5 Å². The minimum Gasteiger partial charge on any atom is -0.484 e. The standard InChI is InChI=1S/C18H23N3O3/c1-5-14(24-13-9-7-8-11(3)10-13)16-15(17(22)23-6-2)12(4)20-18(19)21-16/h7-10,14H,5-6H2,1-4H3,(H2,19,20,21). The zero-order valence-electron chi connectivity index (χ0n) is 14.5. The number of rotatable bonds is 6. The topological polar surface area (TPSA) is 87.3 Å². The molecule has 0 radical (unpaired) electrons. The molecule has 0 saturated heterocycles. The molecule has 6 heteroatoms. The number of hydrogen-bond donors (Lipinski definition) is 1. The van der Waals surface area contributed by atoms with Crippen molar-refractivity contribution < 1.29 is 14.3 Å². The summed E-state index contributed by atoms with van der Waals surface area (Å²) >= 11 is 0. The fourth-order valence-electron chi connectivity index (χ4n) is 2.49. The van der Waals surface area contributed by atoms with Gasteiger partial charge in [0.2, 0.25) is 5.95 Å². The molecule has 0 saturated carbocycles. The second kappa shape index (κ2) is 7.77. The van der Waals surface area contributed by atoms with E-state index in [0.717, 1.165) is 5.56 Å². The van der Waals surface area contributed by atoms with E-state index in [1.165, 1.54) is 0 Å². The molecule has 128 valence electrons. The molecular weight excluding hydrogens is 306 g/mol. The van der Waals surface area contributed by atoms with Crippen molar-refractivity contribution in [3.8, 4) is 5.75 Å². The van der Waals surface area contributed by atoms with Crippen LogP contribution in [0.25, 0.3) is 0 Å². The summed E-state index contributed by atoms with van der Waals surface area (Å²) in [6.45, 7) is 7.70. The first-order valence-electron chi connectivity index (χ1n) is 8.00. The van der Waals surface area contributed by atoms with Gasteiger partial charge in [-0.15, -0.1) is 0 Å². The van der Waals surface area contributed by atoms with Crippen molar-refractivity contribution >= 4 is 11.9 Å². The summed E-state index contributed by atoms with van der Waals surface area (Å²) in [5.74, 6) is 0.365. The highest BCUT2D eigenvalue weighted by Crippen LogP contribution is 2.28. The molecule has 2 N–H and O–H groups in total. The van der Waals surface area contributed by atoms with E-state index in [0.29, 0.717) is 29.1 Å². The number of aryl methyl sites for hydroxylation is 2. The third-order valence-corrected chi connectivity index (χ3v) is 3.56. The lowest BCUT2D eigenvalue weighted by Gasteiger charge is -2.20. The van der Waals surface area contributed by atoms with E-state index in [-0.39, 0.29) is 12.6 Å². The number of benzene rings is 1. The molecule has 0 amide bonds. The van der Waals surface area contributed by atoms with Crippen LogP contribution in [0.5, 0.6) is 5.75 Å². The van der Waals surface area contributed by atoms with Crippen molar-refractivity contribution in [3.63, 3.8) is 0 Å². The molecule has 24 heavy (non-hydrogen) atoms. The van der Waals surface area contributed by atoms with Crippen LogP contribution in [0.15, 0.2) is 24.3 Å². The maximum Gasteiger partial charge on any atom is 0.342 e. The number of aromatic nitrogens is 2. The largest absolute Gasteiger partial charge is 0.484 e. The Balaban J connectivity index is 2.45. The third-order valence-electron chi connectivity index (χ3n) is 3.56. The molecule has 0 fully saturated rings. The van der Waals surface area contributed by atoms with Gasteiger partial charge in [-0.2, -0.15) is 0 Å². The monoisotopic (exact) mass is 329 g/mol. The first-order valence-corrected chi connectivity index (χ1v) is 8.00. The van der Waals surface area contributed by atoms with E-state index in [9.17, 15) is 4.79 Å². The summed E-state index contributed by atoms with van der Waals surface area (Å²) in [7, 11) is 0. The minimum absolute atomic E-state index is 0.113. The molecule has 1 aromatic heterocycles. The van der Waals surface area contributed by atoms with E-state index in [1.807, 2.05) is 38.1 Å². The Hall–Kier alpha value is -2.63.